The molecule has 4 heteroatoms. The molecular weight excluding hydrogens is 268 g/mol. The molecule has 106 valence electrons. The normalized spacial score (nSPS) is 9.95. The molecule has 0 atom stereocenters. The maximum Gasteiger partial charge on any atom is 0.337 e. The van der Waals surface area contributed by atoms with Gasteiger partial charge in [0.2, 0.25) is 0 Å². The van der Waals surface area contributed by atoms with Crippen molar-refractivity contribution in [2.24, 2.45) is 0 Å². The van der Waals surface area contributed by atoms with Crippen LogP contribution in [0.25, 0.3) is 0 Å². The van der Waals surface area contributed by atoms with Crippen molar-refractivity contribution in [1.29, 1.82) is 0 Å². The number of ether oxygens (including phenoxy) is 1. The highest BCUT2D eigenvalue weighted by Gasteiger charge is 2.14. The van der Waals surface area contributed by atoms with E-state index in [1.807, 2.05) is 6.07 Å². The highest BCUT2D eigenvalue weighted by Crippen LogP contribution is 2.11. The van der Waals surface area contributed by atoms with Gasteiger partial charge < -0.3 is 4.74 Å². The first kappa shape index (κ1) is 14.7. The summed E-state index contributed by atoms with van der Waals surface area (Å²) in [6.45, 7) is 0. The van der Waals surface area contributed by atoms with Gasteiger partial charge >= 0.3 is 5.97 Å². The molecule has 0 aliphatic heterocycles. The van der Waals surface area contributed by atoms with Crippen molar-refractivity contribution in [2.75, 3.05) is 7.11 Å². The fourth-order valence-electron chi connectivity index (χ4n) is 1.88. The van der Waals surface area contributed by atoms with E-state index in [4.69, 9.17) is 0 Å². The second-order valence-corrected chi connectivity index (χ2v) is 4.46. The zero-order valence-electron chi connectivity index (χ0n) is 11.5. The summed E-state index contributed by atoms with van der Waals surface area (Å²) >= 11 is 0. The Morgan fingerprint density at radius 1 is 0.762 bits per heavy atom. The standard InChI is InChI=1S/C17H14O4/c1-21-17(20)14-9-7-13(8-10-14)16(19)11-15(18)12-5-3-2-4-6-12/h2-10H,11H2,1H3. The number of Topliss-reactive ketones (excluding diaryl/α,β-unsaturated/α-hetero) is 2. The maximum atomic E-state index is 12.0. The van der Waals surface area contributed by atoms with Crippen LogP contribution in [-0.4, -0.2) is 24.6 Å². The SMILES string of the molecule is COC(=O)c1ccc(C(=O)CC(=O)c2ccccc2)cc1. The molecule has 0 aliphatic carbocycles. The van der Waals surface area contributed by atoms with Crippen LogP contribution in [0.3, 0.4) is 0 Å². The number of carbonyl (C=O) groups is 3. The number of hydrogen-bond donors (Lipinski definition) is 0. The monoisotopic (exact) mass is 282 g/mol. The van der Waals surface area contributed by atoms with Crippen LogP contribution in [-0.2, 0) is 4.74 Å². The van der Waals surface area contributed by atoms with Crippen LogP contribution in [0.2, 0.25) is 0 Å². The lowest BCUT2D eigenvalue weighted by molar-refractivity contribution is 0.0600. The molecule has 0 aliphatic rings. The number of methoxy groups -OCH3 is 1. The Labute approximate surface area is 122 Å². The van der Waals surface area contributed by atoms with Crippen molar-refractivity contribution in [3.05, 3.63) is 71.3 Å². The Morgan fingerprint density at radius 3 is 1.76 bits per heavy atom. The molecule has 0 heterocycles. The van der Waals surface area contributed by atoms with E-state index in [2.05, 4.69) is 4.74 Å². The molecule has 0 N–H and O–H groups in total. The Balaban J connectivity index is 2.07. The lowest BCUT2D eigenvalue weighted by Gasteiger charge is -2.03. The van der Waals surface area contributed by atoms with Gasteiger partial charge in [-0.3, -0.25) is 9.59 Å². The molecule has 4 nitrogen and oxygen atoms in total. The summed E-state index contributed by atoms with van der Waals surface area (Å²) in [4.78, 5) is 35.3. The van der Waals surface area contributed by atoms with Crippen LogP contribution in [0.5, 0.6) is 0 Å². The van der Waals surface area contributed by atoms with Crippen molar-refractivity contribution < 1.29 is 19.1 Å². The third-order valence-corrected chi connectivity index (χ3v) is 3.04. The summed E-state index contributed by atoms with van der Waals surface area (Å²) in [5.41, 5.74) is 1.27. The molecule has 0 spiro atoms. The van der Waals surface area contributed by atoms with Gasteiger partial charge in [0.25, 0.3) is 0 Å². The molecule has 2 rings (SSSR count). The van der Waals surface area contributed by atoms with E-state index in [9.17, 15) is 14.4 Å². The van der Waals surface area contributed by atoms with Gasteiger partial charge in [0.05, 0.1) is 19.1 Å². The molecule has 2 aromatic rings. The molecule has 0 unspecified atom stereocenters. The minimum Gasteiger partial charge on any atom is -0.465 e. The van der Waals surface area contributed by atoms with Crippen LogP contribution in [0.4, 0.5) is 0 Å². The summed E-state index contributed by atoms with van der Waals surface area (Å²) in [6, 6.07) is 14.7. The van der Waals surface area contributed by atoms with Gasteiger partial charge in [-0.2, -0.15) is 0 Å². The summed E-state index contributed by atoms with van der Waals surface area (Å²) < 4.78 is 4.58. The van der Waals surface area contributed by atoms with Gasteiger partial charge in [-0.1, -0.05) is 42.5 Å². The predicted octanol–water partition coefficient (Wildman–Crippen LogP) is 2.93. The van der Waals surface area contributed by atoms with E-state index in [0.29, 0.717) is 16.7 Å². The highest BCUT2D eigenvalue weighted by molar-refractivity contribution is 6.13. The quantitative estimate of drug-likeness (QED) is 0.480. The smallest absolute Gasteiger partial charge is 0.337 e. The third kappa shape index (κ3) is 3.63. The van der Waals surface area contributed by atoms with Gasteiger partial charge in [0.1, 0.15) is 0 Å². The van der Waals surface area contributed by atoms with Crippen molar-refractivity contribution in [3.63, 3.8) is 0 Å². The summed E-state index contributed by atoms with van der Waals surface area (Å²) in [7, 11) is 1.29. The lowest BCUT2D eigenvalue weighted by atomic mass is 10.0. The number of carbonyl (C=O) groups excluding carboxylic acids is 3. The fraction of sp³-hybridized carbons (Fsp3) is 0.118. The number of hydrogen-bond acceptors (Lipinski definition) is 4. The summed E-state index contributed by atoms with van der Waals surface area (Å²) in [6.07, 6.45) is -0.193. The first-order valence-corrected chi connectivity index (χ1v) is 6.41. The molecule has 0 bridgehead atoms. The second-order valence-electron chi connectivity index (χ2n) is 4.46. The van der Waals surface area contributed by atoms with Gasteiger partial charge in [0.15, 0.2) is 11.6 Å². The lowest BCUT2D eigenvalue weighted by Crippen LogP contribution is -2.09. The van der Waals surface area contributed by atoms with Crippen molar-refractivity contribution in [2.45, 2.75) is 6.42 Å². The fourth-order valence-corrected chi connectivity index (χ4v) is 1.88. The average Bonchev–Trinajstić information content (AvgIpc) is 2.55. The Morgan fingerprint density at radius 2 is 1.24 bits per heavy atom. The minimum absolute atomic E-state index is 0.193. The van der Waals surface area contributed by atoms with E-state index in [1.165, 1.54) is 31.4 Å². The summed E-state index contributed by atoms with van der Waals surface area (Å²) in [5, 5.41) is 0. The number of ketones is 2. The maximum absolute atomic E-state index is 12.0. The highest BCUT2D eigenvalue weighted by atomic mass is 16.5. The van der Waals surface area contributed by atoms with Gasteiger partial charge in [-0.25, -0.2) is 4.79 Å². The first-order chi connectivity index (χ1) is 10.1. The van der Waals surface area contributed by atoms with Gasteiger partial charge in [-0.15, -0.1) is 0 Å². The molecule has 0 saturated heterocycles. The van der Waals surface area contributed by atoms with Crippen LogP contribution in [0.1, 0.15) is 37.5 Å². The van der Waals surface area contributed by atoms with Crippen molar-refractivity contribution in [1.82, 2.24) is 0 Å². The van der Waals surface area contributed by atoms with E-state index in [0.717, 1.165) is 0 Å². The Hall–Kier alpha value is -2.75. The van der Waals surface area contributed by atoms with Crippen molar-refractivity contribution >= 4 is 17.5 Å². The van der Waals surface area contributed by atoms with E-state index >= 15 is 0 Å². The molecular formula is C17H14O4. The van der Waals surface area contributed by atoms with Crippen LogP contribution < -0.4 is 0 Å². The number of benzene rings is 2. The molecule has 0 radical (unpaired) electrons. The molecule has 0 amide bonds. The first-order valence-electron chi connectivity index (χ1n) is 6.41. The van der Waals surface area contributed by atoms with Crippen molar-refractivity contribution in [3.8, 4) is 0 Å². The largest absolute Gasteiger partial charge is 0.465 e. The molecule has 0 saturated carbocycles. The van der Waals surface area contributed by atoms with Gasteiger partial charge in [-0.05, 0) is 12.1 Å². The predicted molar refractivity (Wildman–Crippen MR) is 77.5 cm³/mol. The van der Waals surface area contributed by atoms with Gasteiger partial charge in [0, 0.05) is 11.1 Å². The molecule has 21 heavy (non-hydrogen) atoms. The zero-order chi connectivity index (χ0) is 15.2. The topological polar surface area (TPSA) is 60.4 Å². The number of esters is 1. The Bertz CT molecular complexity index is 657. The molecule has 0 aromatic heterocycles. The second kappa shape index (κ2) is 6.61. The van der Waals surface area contributed by atoms with E-state index < -0.39 is 5.97 Å². The number of rotatable bonds is 5. The van der Waals surface area contributed by atoms with E-state index in [1.54, 1.807) is 24.3 Å². The zero-order valence-corrected chi connectivity index (χ0v) is 11.5. The Kier molecular flexibility index (Phi) is 4.61. The van der Waals surface area contributed by atoms with Crippen LogP contribution >= 0.6 is 0 Å². The minimum atomic E-state index is -0.464. The summed E-state index contributed by atoms with van der Waals surface area (Å²) in [5.74, 6) is -0.965. The van der Waals surface area contributed by atoms with E-state index in [-0.39, 0.29) is 18.0 Å². The third-order valence-electron chi connectivity index (χ3n) is 3.04. The molecule has 2 aromatic carbocycles. The average molecular weight is 282 g/mol. The van der Waals surface area contributed by atoms with Crippen LogP contribution in [0.15, 0.2) is 54.6 Å². The molecule has 0 fully saturated rings. The van der Waals surface area contributed by atoms with Crippen LogP contribution in [0, 0.1) is 0 Å².